The van der Waals surface area contributed by atoms with Crippen LogP contribution < -0.4 is 0 Å². The molecule has 0 bridgehead atoms. The van der Waals surface area contributed by atoms with Crippen molar-refractivity contribution in [2.75, 3.05) is 20.3 Å². The summed E-state index contributed by atoms with van der Waals surface area (Å²) in [5.74, 6) is 0. The molecule has 1 fully saturated rings. The zero-order chi connectivity index (χ0) is 11.6. The van der Waals surface area contributed by atoms with Crippen LogP contribution in [-0.2, 0) is 4.74 Å². The first-order chi connectivity index (χ1) is 7.33. The van der Waals surface area contributed by atoms with Crippen molar-refractivity contribution in [1.82, 2.24) is 0 Å². The van der Waals surface area contributed by atoms with E-state index in [1.807, 2.05) is 13.8 Å². The van der Waals surface area contributed by atoms with Gasteiger partial charge >= 0.3 is 0 Å². The molecule has 0 radical (unpaired) electrons. The van der Waals surface area contributed by atoms with Crippen molar-refractivity contribution in [3.8, 4) is 0 Å². The van der Waals surface area contributed by atoms with Crippen molar-refractivity contribution >= 4 is 0 Å². The van der Waals surface area contributed by atoms with Crippen LogP contribution in [0.25, 0.3) is 0 Å². The Hall–Kier alpha value is -0.0800. The molecule has 1 saturated carbocycles. The van der Waals surface area contributed by atoms with Crippen LogP contribution in [0.2, 0.25) is 0 Å². The number of methoxy groups -OCH3 is 1. The van der Waals surface area contributed by atoms with E-state index >= 15 is 0 Å². The molecule has 1 rings (SSSR count). The van der Waals surface area contributed by atoms with Gasteiger partial charge in [-0.15, -0.1) is 0 Å². The van der Waals surface area contributed by atoms with Crippen molar-refractivity contribution in [3.05, 3.63) is 0 Å². The smallest absolute Gasteiger partial charge is 0.0487 e. The van der Waals surface area contributed by atoms with Gasteiger partial charge in [0, 0.05) is 20.3 Å². The van der Waals surface area contributed by atoms with Gasteiger partial charge in [0.1, 0.15) is 0 Å². The van der Waals surface area contributed by atoms with Crippen molar-refractivity contribution in [2.45, 2.75) is 58.8 Å². The highest BCUT2D eigenvalue weighted by molar-refractivity contribution is 4.83. The molecule has 1 aliphatic carbocycles. The Balaban J connectivity index is 0.000000921. The minimum absolute atomic E-state index is 0.285. The van der Waals surface area contributed by atoms with E-state index < -0.39 is 0 Å². The first kappa shape index (κ1) is 14.9. The maximum Gasteiger partial charge on any atom is 0.0487 e. The van der Waals surface area contributed by atoms with Gasteiger partial charge in [-0.3, -0.25) is 0 Å². The van der Waals surface area contributed by atoms with Gasteiger partial charge in [-0.25, -0.2) is 0 Å². The number of aliphatic hydroxyl groups excluding tert-OH is 1. The summed E-state index contributed by atoms with van der Waals surface area (Å²) in [6.45, 7) is 5.25. The highest BCUT2D eigenvalue weighted by atomic mass is 16.5. The molecule has 2 heteroatoms. The summed E-state index contributed by atoms with van der Waals surface area (Å²) in [6.07, 6.45) is 8.61. The molecule has 0 aliphatic heterocycles. The first-order valence-electron chi connectivity index (χ1n) is 6.43. The molecule has 0 spiro atoms. The molecule has 1 aliphatic rings. The lowest BCUT2D eigenvalue weighted by molar-refractivity contribution is 0.112. The van der Waals surface area contributed by atoms with E-state index in [4.69, 9.17) is 4.74 Å². The second-order valence-electron chi connectivity index (χ2n) is 4.32. The number of hydrogen-bond acceptors (Lipinski definition) is 2. The van der Waals surface area contributed by atoms with Crippen molar-refractivity contribution in [3.63, 3.8) is 0 Å². The summed E-state index contributed by atoms with van der Waals surface area (Å²) in [7, 11) is 1.75. The summed E-state index contributed by atoms with van der Waals surface area (Å²) < 4.78 is 5.01. The molecule has 0 heterocycles. The van der Waals surface area contributed by atoms with Crippen LogP contribution in [0, 0.1) is 5.41 Å². The summed E-state index contributed by atoms with van der Waals surface area (Å²) in [6, 6.07) is 0. The van der Waals surface area contributed by atoms with E-state index in [0.717, 1.165) is 13.0 Å². The Kier molecular flexibility index (Phi) is 9.12. The molecular formula is C13H28O2. The highest BCUT2D eigenvalue weighted by Gasteiger charge is 2.32. The Morgan fingerprint density at radius 3 is 2.20 bits per heavy atom. The second kappa shape index (κ2) is 9.17. The topological polar surface area (TPSA) is 29.5 Å². The van der Waals surface area contributed by atoms with Gasteiger partial charge < -0.3 is 9.84 Å². The summed E-state index contributed by atoms with van der Waals surface area (Å²) in [5, 5.41) is 9.34. The molecule has 92 valence electrons. The Morgan fingerprint density at radius 1 is 1.13 bits per heavy atom. The van der Waals surface area contributed by atoms with Gasteiger partial charge in [0.25, 0.3) is 0 Å². The van der Waals surface area contributed by atoms with Gasteiger partial charge in [0.2, 0.25) is 0 Å². The van der Waals surface area contributed by atoms with Crippen molar-refractivity contribution in [2.24, 2.45) is 5.41 Å². The zero-order valence-corrected chi connectivity index (χ0v) is 10.7. The van der Waals surface area contributed by atoms with E-state index in [1.165, 1.54) is 38.5 Å². The van der Waals surface area contributed by atoms with E-state index in [-0.39, 0.29) is 5.41 Å². The third-order valence-electron chi connectivity index (χ3n) is 3.31. The number of hydrogen-bond donors (Lipinski definition) is 1. The summed E-state index contributed by atoms with van der Waals surface area (Å²) in [4.78, 5) is 0. The van der Waals surface area contributed by atoms with E-state index in [1.54, 1.807) is 7.11 Å². The number of unbranched alkanes of at least 4 members (excludes halogenated alkanes) is 1. The first-order valence-corrected chi connectivity index (χ1v) is 6.43. The third kappa shape index (κ3) is 5.53. The summed E-state index contributed by atoms with van der Waals surface area (Å²) >= 11 is 0. The maximum atomic E-state index is 9.34. The molecule has 0 unspecified atom stereocenters. The largest absolute Gasteiger partial charge is 0.396 e. The lowest BCUT2D eigenvalue weighted by Gasteiger charge is -2.26. The number of rotatable bonds is 6. The van der Waals surface area contributed by atoms with Crippen molar-refractivity contribution < 1.29 is 9.84 Å². The average molecular weight is 216 g/mol. The monoisotopic (exact) mass is 216 g/mol. The van der Waals surface area contributed by atoms with Crippen LogP contribution >= 0.6 is 0 Å². The summed E-state index contributed by atoms with van der Waals surface area (Å²) in [5.41, 5.74) is 0.285. The molecule has 0 aromatic carbocycles. The predicted octanol–water partition coefficient (Wildman–Crippen LogP) is 3.38. The molecule has 15 heavy (non-hydrogen) atoms. The van der Waals surface area contributed by atoms with Gasteiger partial charge in [-0.05, 0) is 31.1 Å². The molecule has 0 amide bonds. The normalized spacial score (nSPS) is 18.4. The van der Waals surface area contributed by atoms with Crippen LogP contribution in [0.1, 0.15) is 58.8 Å². The molecule has 0 aromatic rings. The van der Waals surface area contributed by atoms with Crippen LogP contribution in [0.4, 0.5) is 0 Å². The fourth-order valence-corrected chi connectivity index (χ4v) is 2.36. The van der Waals surface area contributed by atoms with Crippen LogP contribution in [0.5, 0.6) is 0 Å². The van der Waals surface area contributed by atoms with E-state index in [2.05, 4.69) is 0 Å². The molecule has 0 saturated heterocycles. The predicted molar refractivity (Wildman–Crippen MR) is 65.1 cm³/mol. The van der Waals surface area contributed by atoms with Gasteiger partial charge in [0.05, 0.1) is 0 Å². The van der Waals surface area contributed by atoms with E-state index in [0.29, 0.717) is 6.61 Å². The van der Waals surface area contributed by atoms with Gasteiger partial charge in [-0.2, -0.15) is 0 Å². The molecule has 1 N–H and O–H groups in total. The molecular weight excluding hydrogens is 188 g/mol. The lowest BCUT2D eigenvalue weighted by atomic mass is 9.82. The quantitative estimate of drug-likeness (QED) is 0.690. The third-order valence-corrected chi connectivity index (χ3v) is 3.31. The molecule has 0 atom stereocenters. The Bertz CT molecular complexity index is 128. The maximum absolute atomic E-state index is 9.34. The minimum atomic E-state index is 0.285. The van der Waals surface area contributed by atoms with Crippen LogP contribution in [0.3, 0.4) is 0 Å². The Labute approximate surface area is 95.0 Å². The fourth-order valence-electron chi connectivity index (χ4n) is 2.36. The second-order valence-corrected chi connectivity index (χ2v) is 4.32. The molecule has 0 aromatic heterocycles. The number of aliphatic hydroxyl groups is 1. The van der Waals surface area contributed by atoms with E-state index in [9.17, 15) is 5.11 Å². The fraction of sp³-hybridized carbons (Fsp3) is 1.00. The van der Waals surface area contributed by atoms with Gasteiger partial charge in [-0.1, -0.05) is 33.1 Å². The number of ether oxygens (including phenoxy) is 1. The zero-order valence-electron chi connectivity index (χ0n) is 10.7. The van der Waals surface area contributed by atoms with Crippen LogP contribution in [-0.4, -0.2) is 25.4 Å². The SMILES string of the molecule is CC.COCCCCC1(CO)CCCC1. The Morgan fingerprint density at radius 2 is 1.73 bits per heavy atom. The minimum Gasteiger partial charge on any atom is -0.396 e. The molecule has 2 nitrogen and oxygen atoms in total. The van der Waals surface area contributed by atoms with Crippen molar-refractivity contribution in [1.29, 1.82) is 0 Å². The lowest BCUT2D eigenvalue weighted by Crippen LogP contribution is -2.21. The standard InChI is InChI=1S/C11H22O2.C2H6/c1-13-9-5-4-8-11(10-12)6-2-3-7-11;1-2/h12H,2-10H2,1H3;1-2H3. The highest BCUT2D eigenvalue weighted by Crippen LogP contribution is 2.41. The average Bonchev–Trinajstić information content (AvgIpc) is 2.77. The van der Waals surface area contributed by atoms with Gasteiger partial charge in [0.15, 0.2) is 0 Å². The van der Waals surface area contributed by atoms with Crippen LogP contribution in [0.15, 0.2) is 0 Å².